The summed E-state index contributed by atoms with van der Waals surface area (Å²) in [5.41, 5.74) is 0.795. The predicted molar refractivity (Wildman–Crippen MR) is 84.7 cm³/mol. The highest BCUT2D eigenvalue weighted by atomic mass is 16.1. The third kappa shape index (κ3) is 2.66. The van der Waals surface area contributed by atoms with E-state index in [0.29, 0.717) is 5.95 Å². The van der Waals surface area contributed by atoms with Crippen LogP contribution in [0.2, 0.25) is 0 Å². The van der Waals surface area contributed by atoms with Gasteiger partial charge in [0.05, 0.1) is 5.69 Å². The molecule has 122 valence electrons. The minimum Gasteiger partial charge on any atom is -0.342 e. The number of aromatic amines is 1. The SMILES string of the molecule is Cn1nnnc1N1CCC(c2cc(=O)[nH]c(N3CCCC3)n2)C1. The Kier molecular flexibility index (Phi) is 3.47. The van der Waals surface area contributed by atoms with Gasteiger partial charge in [0, 0.05) is 45.2 Å². The fourth-order valence-corrected chi connectivity index (χ4v) is 3.43. The van der Waals surface area contributed by atoms with E-state index in [-0.39, 0.29) is 11.5 Å². The van der Waals surface area contributed by atoms with Gasteiger partial charge in [-0.1, -0.05) is 5.10 Å². The lowest BCUT2D eigenvalue weighted by Crippen LogP contribution is -2.26. The zero-order valence-electron chi connectivity index (χ0n) is 13.1. The average Bonchev–Trinajstić information content (AvgIpc) is 3.28. The van der Waals surface area contributed by atoms with Gasteiger partial charge in [-0.25, -0.2) is 9.67 Å². The Morgan fingerprint density at radius 2 is 2.04 bits per heavy atom. The monoisotopic (exact) mass is 316 g/mol. The number of aromatic nitrogens is 6. The second-order valence-corrected chi connectivity index (χ2v) is 6.22. The van der Waals surface area contributed by atoms with Crippen molar-refractivity contribution in [2.24, 2.45) is 7.05 Å². The van der Waals surface area contributed by atoms with Gasteiger partial charge in [-0.2, -0.15) is 0 Å². The van der Waals surface area contributed by atoms with E-state index in [0.717, 1.165) is 57.1 Å². The molecule has 0 aromatic carbocycles. The van der Waals surface area contributed by atoms with Crippen molar-refractivity contribution in [3.63, 3.8) is 0 Å². The molecule has 0 amide bonds. The minimum atomic E-state index is -0.0734. The molecule has 2 aliphatic heterocycles. The van der Waals surface area contributed by atoms with E-state index in [1.165, 1.54) is 0 Å². The van der Waals surface area contributed by atoms with Gasteiger partial charge in [0.25, 0.3) is 5.56 Å². The van der Waals surface area contributed by atoms with Gasteiger partial charge < -0.3 is 9.80 Å². The third-order valence-corrected chi connectivity index (χ3v) is 4.64. The summed E-state index contributed by atoms with van der Waals surface area (Å²) in [4.78, 5) is 23.9. The number of nitrogens with zero attached hydrogens (tertiary/aromatic N) is 7. The molecule has 2 fully saturated rings. The number of H-pyrrole nitrogens is 1. The zero-order chi connectivity index (χ0) is 15.8. The van der Waals surface area contributed by atoms with Crippen LogP contribution in [0.5, 0.6) is 0 Å². The summed E-state index contributed by atoms with van der Waals surface area (Å²) in [6, 6.07) is 1.63. The van der Waals surface area contributed by atoms with E-state index >= 15 is 0 Å². The van der Waals surface area contributed by atoms with Crippen LogP contribution in [-0.2, 0) is 7.05 Å². The number of nitrogens with one attached hydrogen (secondary N) is 1. The molecule has 1 N–H and O–H groups in total. The summed E-state index contributed by atoms with van der Waals surface area (Å²) in [6.45, 7) is 3.58. The largest absolute Gasteiger partial charge is 0.342 e. The average molecular weight is 316 g/mol. The number of anilines is 2. The van der Waals surface area contributed by atoms with Crippen molar-refractivity contribution in [2.45, 2.75) is 25.2 Å². The molecule has 0 spiro atoms. The first-order chi connectivity index (χ1) is 11.2. The molecule has 0 saturated carbocycles. The smallest absolute Gasteiger partial charge is 0.252 e. The molecule has 2 saturated heterocycles. The van der Waals surface area contributed by atoms with Crippen molar-refractivity contribution in [3.8, 4) is 0 Å². The van der Waals surface area contributed by atoms with E-state index in [2.05, 4.69) is 30.3 Å². The number of tetrazole rings is 1. The number of hydrogen-bond donors (Lipinski definition) is 1. The molecule has 0 aliphatic carbocycles. The quantitative estimate of drug-likeness (QED) is 0.844. The first-order valence-electron chi connectivity index (χ1n) is 8.04. The second-order valence-electron chi connectivity index (χ2n) is 6.22. The van der Waals surface area contributed by atoms with Gasteiger partial charge in [-0.15, -0.1) is 0 Å². The molecule has 2 aromatic rings. The highest BCUT2D eigenvalue weighted by Gasteiger charge is 2.29. The molecule has 1 atom stereocenters. The van der Waals surface area contributed by atoms with E-state index in [9.17, 15) is 4.79 Å². The number of rotatable bonds is 3. The first kappa shape index (κ1) is 14.2. The summed E-state index contributed by atoms with van der Waals surface area (Å²) < 4.78 is 1.67. The molecule has 0 radical (unpaired) electrons. The van der Waals surface area contributed by atoms with Gasteiger partial charge >= 0.3 is 0 Å². The third-order valence-electron chi connectivity index (χ3n) is 4.64. The summed E-state index contributed by atoms with van der Waals surface area (Å²) >= 11 is 0. The van der Waals surface area contributed by atoms with Crippen molar-refractivity contribution >= 4 is 11.9 Å². The van der Waals surface area contributed by atoms with Crippen molar-refractivity contribution in [2.75, 3.05) is 36.0 Å². The summed E-state index contributed by atoms with van der Waals surface area (Å²) in [5.74, 6) is 1.70. The number of hydrogen-bond acceptors (Lipinski definition) is 7. The maximum absolute atomic E-state index is 12.0. The molecule has 23 heavy (non-hydrogen) atoms. The summed E-state index contributed by atoms with van der Waals surface area (Å²) in [5, 5.41) is 11.6. The molecule has 9 nitrogen and oxygen atoms in total. The van der Waals surface area contributed by atoms with Crippen LogP contribution in [0.25, 0.3) is 0 Å². The Bertz CT molecular complexity index is 747. The highest BCUT2D eigenvalue weighted by Crippen LogP contribution is 2.28. The van der Waals surface area contributed by atoms with Crippen molar-refractivity contribution in [1.29, 1.82) is 0 Å². The molecule has 9 heteroatoms. The van der Waals surface area contributed by atoms with Gasteiger partial charge in [-0.05, 0) is 29.7 Å². The van der Waals surface area contributed by atoms with Gasteiger partial charge in [0.2, 0.25) is 11.9 Å². The van der Waals surface area contributed by atoms with Crippen molar-refractivity contribution in [3.05, 3.63) is 22.1 Å². The van der Waals surface area contributed by atoms with Crippen LogP contribution in [-0.4, -0.2) is 56.4 Å². The fraction of sp³-hybridized carbons (Fsp3) is 0.643. The van der Waals surface area contributed by atoms with Crippen LogP contribution in [0.1, 0.15) is 30.9 Å². The molecule has 4 rings (SSSR count). The lowest BCUT2D eigenvalue weighted by Gasteiger charge is -2.18. The Morgan fingerprint density at radius 1 is 1.22 bits per heavy atom. The van der Waals surface area contributed by atoms with Crippen LogP contribution >= 0.6 is 0 Å². The van der Waals surface area contributed by atoms with Crippen LogP contribution in [0, 0.1) is 0 Å². The second kappa shape index (κ2) is 5.64. The topological polar surface area (TPSA) is 95.8 Å². The molecule has 1 unspecified atom stereocenters. The molecule has 4 heterocycles. The Labute approximate surface area is 133 Å². The lowest BCUT2D eigenvalue weighted by atomic mass is 10.1. The van der Waals surface area contributed by atoms with E-state index < -0.39 is 0 Å². The highest BCUT2D eigenvalue weighted by molar-refractivity contribution is 5.36. The Morgan fingerprint density at radius 3 is 2.78 bits per heavy atom. The van der Waals surface area contributed by atoms with Crippen LogP contribution in [0.4, 0.5) is 11.9 Å². The van der Waals surface area contributed by atoms with E-state index in [1.807, 2.05) is 7.05 Å². The van der Waals surface area contributed by atoms with E-state index in [4.69, 9.17) is 4.98 Å². The zero-order valence-corrected chi connectivity index (χ0v) is 13.1. The van der Waals surface area contributed by atoms with Crippen LogP contribution in [0.15, 0.2) is 10.9 Å². The van der Waals surface area contributed by atoms with Crippen molar-refractivity contribution < 1.29 is 0 Å². The summed E-state index contributed by atoms with van der Waals surface area (Å²) in [7, 11) is 1.83. The van der Waals surface area contributed by atoms with E-state index in [1.54, 1.807) is 10.7 Å². The Hall–Kier alpha value is -2.45. The predicted octanol–water partition coefficient (Wildman–Crippen LogP) is -0.112. The molecular formula is C14H20N8O. The minimum absolute atomic E-state index is 0.0734. The van der Waals surface area contributed by atoms with Crippen LogP contribution in [0.3, 0.4) is 0 Å². The normalized spacial score (nSPS) is 21.3. The lowest BCUT2D eigenvalue weighted by molar-refractivity contribution is 0.693. The Balaban J connectivity index is 1.56. The molecular weight excluding hydrogens is 296 g/mol. The summed E-state index contributed by atoms with van der Waals surface area (Å²) in [6.07, 6.45) is 3.26. The maximum Gasteiger partial charge on any atom is 0.252 e. The molecule has 2 aliphatic rings. The van der Waals surface area contributed by atoms with Gasteiger partial charge in [-0.3, -0.25) is 9.78 Å². The van der Waals surface area contributed by atoms with Gasteiger partial charge in [0.15, 0.2) is 0 Å². The van der Waals surface area contributed by atoms with Crippen LogP contribution < -0.4 is 15.4 Å². The van der Waals surface area contributed by atoms with Crippen molar-refractivity contribution in [1.82, 2.24) is 30.2 Å². The molecule has 0 bridgehead atoms. The number of aryl methyl sites for hydroxylation is 1. The standard InChI is InChI=1S/C14H20N8O/c1-20-14(17-18-19-20)22-7-4-10(9-22)11-8-12(23)16-13(15-11)21-5-2-3-6-21/h8,10H,2-7,9H2,1H3,(H,15,16,23). The molecule has 2 aromatic heterocycles. The maximum atomic E-state index is 12.0. The fourth-order valence-electron chi connectivity index (χ4n) is 3.43. The first-order valence-corrected chi connectivity index (χ1v) is 8.04. The van der Waals surface area contributed by atoms with Gasteiger partial charge in [0.1, 0.15) is 0 Å².